The van der Waals surface area contributed by atoms with Crippen molar-refractivity contribution in [3.63, 3.8) is 0 Å². The number of imidazole rings is 1. The van der Waals surface area contributed by atoms with E-state index in [-0.39, 0.29) is 0 Å². The Morgan fingerprint density at radius 2 is 2.05 bits per heavy atom. The molecule has 1 atom stereocenters. The summed E-state index contributed by atoms with van der Waals surface area (Å²) in [5, 5.41) is 1.10. The fourth-order valence-corrected chi connectivity index (χ4v) is 3.25. The summed E-state index contributed by atoms with van der Waals surface area (Å²) in [6, 6.07) is 8.49. The molecule has 0 saturated carbocycles. The fraction of sp³-hybridized carbons (Fsp3) is 0.562. The zero-order valence-corrected chi connectivity index (χ0v) is 13.5. The quantitative estimate of drug-likeness (QED) is 0.669. The maximum Gasteiger partial charge on any atom is 0.109 e. The Morgan fingerprint density at radius 3 is 2.79 bits per heavy atom. The van der Waals surface area contributed by atoms with Crippen LogP contribution in [0.25, 0.3) is 11.0 Å². The molecule has 3 heteroatoms. The van der Waals surface area contributed by atoms with Crippen molar-refractivity contribution in [1.29, 1.82) is 0 Å². The molecular weight excluding hydrogens is 300 g/mol. The summed E-state index contributed by atoms with van der Waals surface area (Å²) in [5.74, 6) is 2.00. The molecule has 0 aliphatic heterocycles. The van der Waals surface area contributed by atoms with Crippen LogP contribution < -0.4 is 0 Å². The van der Waals surface area contributed by atoms with Crippen LogP contribution in [-0.2, 0) is 13.0 Å². The minimum Gasteiger partial charge on any atom is -0.328 e. The van der Waals surface area contributed by atoms with Crippen molar-refractivity contribution < 1.29 is 0 Å². The van der Waals surface area contributed by atoms with Crippen LogP contribution in [0, 0.1) is 5.92 Å². The summed E-state index contributed by atoms with van der Waals surface area (Å²) >= 11 is 3.53. The molecule has 0 spiro atoms. The van der Waals surface area contributed by atoms with E-state index in [0.717, 1.165) is 36.2 Å². The average molecular weight is 323 g/mol. The average Bonchev–Trinajstić information content (AvgIpc) is 2.75. The van der Waals surface area contributed by atoms with E-state index in [2.05, 4.69) is 58.6 Å². The van der Waals surface area contributed by atoms with E-state index in [0.29, 0.717) is 0 Å². The first-order chi connectivity index (χ1) is 9.26. The van der Waals surface area contributed by atoms with E-state index in [4.69, 9.17) is 4.98 Å². The van der Waals surface area contributed by atoms with Gasteiger partial charge in [-0.15, -0.1) is 0 Å². The maximum absolute atomic E-state index is 4.78. The number of benzene rings is 1. The van der Waals surface area contributed by atoms with Crippen LogP contribution in [-0.4, -0.2) is 14.9 Å². The maximum atomic E-state index is 4.78. The summed E-state index contributed by atoms with van der Waals surface area (Å²) in [6.45, 7) is 5.64. The second-order valence-corrected chi connectivity index (χ2v) is 6.08. The minimum atomic E-state index is 0.759. The number of rotatable bonds is 7. The largest absolute Gasteiger partial charge is 0.328 e. The van der Waals surface area contributed by atoms with Gasteiger partial charge >= 0.3 is 0 Å². The lowest BCUT2D eigenvalue weighted by atomic mass is 10.1. The van der Waals surface area contributed by atoms with Crippen LogP contribution in [0.4, 0.5) is 0 Å². The number of hydrogen-bond acceptors (Lipinski definition) is 1. The zero-order valence-electron chi connectivity index (χ0n) is 11.9. The lowest BCUT2D eigenvalue weighted by Crippen LogP contribution is -2.07. The molecular formula is C16H23BrN2. The number of hydrogen-bond donors (Lipinski definition) is 0. The molecule has 1 heterocycles. The van der Waals surface area contributed by atoms with Crippen LogP contribution in [0.1, 0.15) is 38.9 Å². The van der Waals surface area contributed by atoms with Crippen molar-refractivity contribution in [3.8, 4) is 0 Å². The van der Waals surface area contributed by atoms with Gasteiger partial charge in [0.1, 0.15) is 5.82 Å². The van der Waals surface area contributed by atoms with E-state index in [1.165, 1.54) is 24.2 Å². The molecule has 2 nitrogen and oxygen atoms in total. The van der Waals surface area contributed by atoms with Gasteiger partial charge in [0.2, 0.25) is 0 Å². The number of alkyl halides is 1. The van der Waals surface area contributed by atoms with Crippen LogP contribution in [0.5, 0.6) is 0 Å². The molecule has 0 aliphatic rings. The first-order valence-corrected chi connectivity index (χ1v) is 8.38. The lowest BCUT2D eigenvalue weighted by Gasteiger charge is -2.13. The van der Waals surface area contributed by atoms with Gasteiger partial charge in [-0.2, -0.15) is 0 Å². The Balaban J connectivity index is 2.21. The Kier molecular flexibility index (Phi) is 5.44. The molecule has 104 valence electrons. The number of halogens is 1. The van der Waals surface area contributed by atoms with E-state index in [9.17, 15) is 0 Å². The number of nitrogens with zero attached hydrogens (tertiary/aromatic N) is 2. The molecule has 0 fully saturated rings. The second kappa shape index (κ2) is 7.09. The number of aromatic nitrogens is 2. The Labute approximate surface area is 124 Å². The van der Waals surface area contributed by atoms with Gasteiger partial charge in [0.05, 0.1) is 11.0 Å². The van der Waals surface area contributed by atoms with E-state index >= 15 is 0 Å². The van der Waals surface area contributed by atoms with Gasteiger partial charge in [-0.1, -0.05) is 41.9 Å². The standard InChI is InChI=1S/C16H23BrN2/c1-3-6-16-18-14-7-4-5-8-15(14)19(16)12-10-13(2)9-11-17/h4-5,7-8,13H,3,6,9-12H2,1-2H3. The first-order valence-electron chi connectivity index (χ1n) is 7.26. The minimum absolute atomic E-state index is 0.759. The van der Waals surface area contributed by atoms with Crippen molar-refractivity contribution in [2.45, 2.75) is 46.1 Å². The van der Waals surface area contributed by atoms with E-state index < -0.39 is 0 Å². The molecule has 19 heavy (non-hydrogen) atoms. The van der Waals surface area contributed by atoms with Crippen LogP contribution >= 0.6 is 15.9 Å². The highest BCUT2D eigenvalue weighted by molar-refractivity contribution is 9.09. The SMILES string of the molecule is CCCc1nc2ccccc2n1CCC(C)CCBr. The highest BCUT2D eigenvalue weighted by atomic mass is 79.9. The molecule has 0 saturated heterocycles. The summed E-state index contributed by atoms with van der Waals surface area (Å²) in [5.41, 5.74) is 2.43. The molecule has 1 aromatic carbocycles. The first kappa shape index (κ1) is 14.6. The van der Waals surface area contributed by atoms with Crippen molar-refractivity contribution in [2.75, 3.05) is 5.33 Å². The summed E-state index contributed by atoms with van der Waals surface area (Å²) in [6.07, 6.45) is 4.69. The van der Waals surface area contributed by atoms with Crippen molar-refractivity contribution >= 4 is 27.0 Å². The van der Waals surface area contributed by atoms with E-state index in [1.54, 1.807) is 0 Å². The molecule has 0 radical (unpaired) electrons. The third kappa shape index (κ3) is 3.59. The number of para-hydroxylation sites is 2. The lowest BCUT2D eigenvalue weighted by molar-refractivity contribution is 0.469. The van der Waals surface area contributed by atoms with Crippen LogP contribution in [0.2, 0.25) is 0 Å². The molecule has 1 unspecified atom stereocenters. The molecule has 0 N–H and O–H groups in total. The topological polar surface area (TPSA) is 17.8 Å². The molecule has 2 aromatic rings. The number of fused-ring (bicyclic) bond motifs is 1. The van der Waals surface area contributed by atoms with Gasteiger partial charge in [-0.3, -0.25) is 0 Å². The molecule has 1 aromatic heterocycles. The normalized spacial score (nSPS) is 13.0. The third-order valence-electron chi connectivity index (χ3n) is 3.65. The van der Waals surface area contributed by atoms with Crippen molar-refractivity contribution in [1.82, 2.24) is 9.55 Å². The monoisotopic (exact) mass is 322 g/mol. The fourth-order valence-electron chi connectivity index (χ4n) is 2.47. The van der Waals surface area contributed by atoms with Gasteiger partial charge in [0.25, 0.3) is 0 Å². The van der Waals surface area contributed by atoms with Gasteiger partial charge in [-0.25, -0.2) is 4.98 Å². The second-order valence-electron chi connectivity index (χ2n) is 5.29. The third-order valence-corrected chi connectivity index (χ3v) is 4.11. The summed E-state index contributed by atoms with van der Waals surface area (Å²) in [7, 11) is 0. The Bertz CT molecular complexity index is 518. The molecule has 0 bridgehead atoms. The molecule has 0 aliphatic carbocycles. The van der Waals surface area contributed by atoms with Crippen molar-refractivity contribution in [3.05, 3.63) is 30.1 Å². The van der Waals surface area contributed by atoms with Gasteiger partial charge in [0.15, 0.2) is 0 Å². The van der Waals surface area contributed by atoms with Crippen LogP contribution in [0.3, 0.4) is 0 Å². The Morgan fingerprint density at radius 1 is 1.26 bits per heavy atom. The van der Waals surface area contributed by atoms with Gasteiger partial charge < -0.3 is 4.57 Å². The predicted molar refractivity (Wildman–Crippen MR) is 85.9 cm³/mol. The molecule has 0 amide bonds. The summed E-state index contributed by atoms with van der Waals surface area (Å²) in [4.78, 5) is 4.78. The zero-order chi connectivity index (χ0) is 13.7. The van der Waals surface area contributed by atoms with Gasteiger partial charge in [-0.05, 0) is 37.3 Å². The Hall–Kier alpha value is -0.830. The summed E-state index contributed by atoms with van der Waals surface area (Å²) < 4.78 is 2.42. The van der Waals surface area contributed by atoms with Gasteiger partial charge in [0, 0.05) is 18.3 Å². The highest BCUT2D eigenvalue weighted by Gasteiger charge is 2.10. The number of aryl methyl sites for hydroxylation is 2. The molecule has 2 rings (SSSR count). The van der Waals surface area contributed by atoms with Crippen LogP contribution in [0.15, 0.2) is 24.3 Å². The highest BCUT2D eigenvalue weighted by Crippen LogP contribution is 2.19. The smallest absolute Gasteiger partial charge is 0.109 e. The van der Waals surface area contributed by atoms with Crippen molar-refractivity contribution in [2.24, 2.45) is 5.92 Å². The predicted octanol–water partition coefficient (Wildman–Crippen LogP) is 4.80. The van der Waals surface area contributed by atoms with E-state index in [1.807, 2.05) is 0 Å².